The normalized spacial score (nSPS) is 11.5. The molecule has 0 bridgehead atoms. The molecule has 4 aromatic heterocycles. The predicted octanol–water partition coefficient (Wildman–Crippen LogP) is 6.57. The molecule has 0 saturated heterocycles. The van der Waals surface area contributed by atoms with Crippen LogP contribution >= 0.6 is 0 Å². The first kappa shape index (κ1) is 16.9. The molecule has 0 aliphatic heterocycles. The fourth-order valence-electron chi connectivity index (χ4n) is 4.08. The van der Waals surface area contributed by atoms with Crippen molar-refractivity contribution in [3.05, 3.63) is 91.0 Å². The van der Waals surface area contributed by atoms with Gasteiger partial charge in [-0.05, 0) is 59.8 Å². The second kappa shape index (κ2) is 6.49. The Bertz CT molecular complexity index is 1560. The van der Waals surface area contributed by atoms with Crippen LogP contribution in [0.3, 0.4) is 0 Å². The van der Waals surface area contributed by atoms with E-state index < -0.39 is 0 Å². The summed E-state index contributed by atoms with van der Waals surface area (Å²) in [6.45, 7) is 1.97. The summed E-state index contributed by atoms with van der Waals surface area (Å²) in [5.41, 5.74) is 6.48. The van der Waals surface area contributed by atoms with Crippen molar-refractivity contribution in [1.82, 2.24) is 15.0 Å². The fourth-order valence-corrected chi connectivity index (χ4v) is 4.08. The fraction of sp³-hybridized carbons (Fsp3) is 0.0385. The van der Waals surface area contributed by atoms with E-state index in [9.17, 15) is 0 Å². The number of nitrogens with zero attached hydrogens (tertiary/aromatic N) is 3. The molecule has 4 heterocycles. The molecule has 6 rings (SSSR count). The van der Waals surface area contributed by atoms with Gasteiger partial charge in [0.05, 0.1) is 5.69 Å². The number of aromatic nitrogens is 3. The maximum atomic E-state index is 6.17. The topological polar surface area (TPSA) is 51.8 Å². The number of hydrogen-bond donors (Lipinski definition) is 0. The zero-order valence-electron chi connectivity index (χ0n) is 16.3. The second-order valence-electron chi connectivity index (χ2n) is 7.42. The van der Waals surface area contributed by atoms with Crippen molar-refractivity contribution in [3.63, 3.8) is 0 Å². The van der Waals surface area contributed by atoms with Gasteiger partial charge in [0.1, 0.15) is 5.58 Å². The van der Waals surface area contributed by atoms with Crippen LogP contribution in [0.5, 0.6) is 0 Å². The molecule has 0 aliphatic rings. The number of pyridine rings is 3. The largest absolute Gasteiger partial charge is 0.437 e. The number of benzene rings is 2. The maximum Gasteiger partial charge on any atom is 0.227 e. The summed E-state index contributed by atoms with van der Waals surface area (Å²) in [5, 5.41) is 4.37. The highest BCUT2D eigenvalue weighted by atomic mass is 16.3. The molecule has 0 radical (unpaired) electrons. The summed E-state index contributed by atoms with van der Waals surface area (Å²) in [6.07, 6.45) is 5.59. The lowest BCUT2D eigenvalue weighted by atomic mass is 9.98. The van der Waals surface area contributed by atoms with Crippen molar-refractivity contribution in [3.8, 4) is 22.4 Å². The van der Waals surface area contributed by atoms with Crippen LogP contribution in [0.2, 0.25) is 0 Å². The van der Waals surface area contributed by atoms with Gasteiger partial charge in [0, 0.05) is 46.0 Å². The van der Waals surface area contributed by atoms with Crippen LogP contribution in [0.4, 0.5) is 0 Å². The molecule has 0 spiro atoms. The molecule has 142 valence electrons. The Kier molecular flexibility index (Phi) is 3.65. The quantitative estimate of drug-likeness (QED) is 0.337. The van der Waals surface area contributed by atoms with Gasteiger partial charge in [-0.1, -0.05) is 30.3 Å². The van der Waals surface area contributed by atoms with Gasteiger partial charge >= 0.3 is 0 Å². The monoisotopic (exact) mass is 387 g/mol. The van der Waals surface area contributed by atoms with Crippen molar-refractivity contribution < 1.29 is 4.42 Å². The molecule has 0 fully saturated rings. The van der Waals surface area contributed by atoms with Crippen LogP contribution in [0.1, 0.15) is 5.69 Å². The second-order valence-corrected chi connectivity index (χ2v) is 7.42. The summed E-state index contributed by atoms with van der Waals surface area (Å²) in [6, 6.07) is 22.7. The van der Waals surface area contributed by atoms with E-state index >= 15 is 0 Å². The first-order chi connectivity index (χ1) is 14.8. The lowest BCUT2D eigenvalue weighted by molar-refractivity contribution is 0.653. The SMILES string of the molecule is Cc1ccc2c(n1)oc1c(-c3cc(-c4cccc5ccncc45)ccn3)cccc12. The maximum absolute atomic E-state index is 6.17. The van der Waals surface area contributed by atoms with Crippen molar-refractivity contribution in [2.45, 2.75) is 6.92 Å². The highest BCUT2D eigenvalue weighted by Crippen LogP contribution is 2.36. The van der Waals surface area contributed by atoms with E-state index in [1.54, 1.807) is 0 Å². The lowest BCUT2D eigenvalue weighted by Crippen LogP contribution is -1.87. The molecule has 0 atom stereocenters. The highest BCUT2D eigenvalue weighted by molar-refractivity contribution is 6.08. The van der Waals surface area contributed by atoms with Gasteiger partial charge in [-0.2, -0.15) is 0 Å². The molecule has 4 nitrogen and oxygen atoms in total. The molecule has 0 amide bonds. The summed E-state index contributed by atoms with van der Waals surface area (Å²) >= 11 is 0. The Balaban J connectivity index is 1.57. The Morgan fingerprint density at radius 2 is 1.67 bits per heavy atom. The number of furan rings is 1. The van der Waals surface area contributed by atoms with Crippen molar-refractivity contribution >= 4 is 32.8 Å². The van der Waals surface area contributed by atoms with Gasteiger partial charge in [-0.25, -0.2) is 4.98 Å². The number of aryl methyl sites for hydroxylation is 1. The van der Waals surface area contributed by atoms with Crippen molar-refractivity contribution in [2.75, 3.05) is 0 Å². The average Bonchev–Trinajstić information content (AvgIpc) is 3.16. The first-order valence-electron chi connectivity index (χ1n) is 9.86. The molecular formula is C26H17N3O. The van der Waals surface area contributed by atoms with Crippen LogP contribution in [0.15, 0.2) is 89.7 Å². The van der Waals surface area contributed by atoms with Crippen LogP contribution < -0.4 is 0 Å². The van der Waals surface area contributed by atoms with Crippen molar-refractivity contribution in [1.29, 1.82) is 0 Å². The van der Waals surface area contributed by atoms with Gasteiger partial charge in [0.25, 0.3) is 0 Å². The van der Waals surface area contributed by atoms with Crippen LogP contribution in [-0.4, -0.2) is 15.0 Å². The first-order valence-corrected chi connectivity index (χ1v) is 9.86. The summed E-state index contributed by atoms with van der Waals surface area (Å²) in [4.78, 5) is 13.5. The Morgan fingerprint density at radius 3 is 2.63 bits per heavy atom. The summed E-state index contributed by atoms with van der Waals surface area (Å²) in [5.74, 6) is 0. The van der Waals surface area contributed by atoms with Gasteiger partial charge < -0.3 is 4.42 Å². The molecule has 0 saturated carbocycles. The zero-order valence-corrected chi connectivity index (χ0v) is 16.3. The van der Waals surface area contributed by atoms with Gasteiger partial charge in [0.15, 0.2) is 0 Å². The van der Waals surface area contributed by atoms with Crippen LogP contribution in [-0.2, 0) is 0 Å². The average molecular weight is 387 g/mol. The van der Waals surface area contributed by atoms with Crippen LogP contribution in [0, 0.1) is 6.92 Å². The minimum absolute atomic E-state index is 0.661. The number of fused-ring (bicyclic) bond motifs is 4. The van der Waals surface area contributed by atoms with E-state index in [1.807, 2.05) is 55.8 Å². The van der Waals surface area contributed by atoms with E-state index in [0.29, 0.717) is 5.71 Å². The lowest BCUT2D eigenvalue weighted by Gasteiger charge is -2.08. The predicted molar refractivity (Wildman–Crippen MR) is 120 cm³/mol. The smallest absolute Gasteiger partial charge is 0.227 e. The third kappa shape index (κ3) is 2.58. The number of para-hydroxylation sites is 1. The molecule has 4 heteroatoms. The third-order valence-corrected chi connectivity index (χ3v) is 5.53. The Hall–Kier alpha value is -4.05. The van der Waals surface area contributed by atoms with E-state index in [2.05, 4.69) is 51.4 Å². The summed E-state index contributed by atoms with van der Waals surface area (Å²) in [7, 11) is 0. The standard InChI is InChI=1S/C26H17N3O/c1-16-8-9-21-20-6-3-7-22(25(20)30-26(21)29-16)24-14-18(11-13-28-24)19-5-2-4-17-10-12-27-15-23(17)19/h2-15H,1H3. The van der Waals surface area contributed by atoms with E-state index in [0.717, 1.165) is 49.8 Å². The van der Waals surface area contributed by atoms with Crippen LogP contribution in [0.25, 0.3) is 55.2 Å². The molecule has 0 N–H and O–H groups in total. The van der Waals surface area contributed by atoms with Gasteiger partial charge in [-0.15, -0.1) is 0 Å². The zero-order chi connectivity index (χ0) is 20.1. The molecule has 30 heavy (non-hydrogen) atoms. The molecule has 0 unspecified atom stereocenters. The minimum Gasteiger partial charge on any atom is -0.437 e. The Morgan fingerprint density at radius 1 is 0.767 bits per heavy atom. The minimum atomic E-state index is 0.661. The summed E-state index contributed by atoms with van der Waals surface area (Å²) < 4.78 is 6.17. The number of rotatable bonds is 2. The van der Waals surface area contributed by atoms with Gasteiger partial charge in [-0.3, -0.25) is 9.97 Å². The van der Waals surface area contributed by atoms with E-state index in [4.69, 9.17) is 4.42 Å². The van der Waals surface area contributed by atoms with Crippen molar-refractivity contribution in [2.24, 2.45) is 0 Å². The van der Waals surface area contributed by atoms with E-state index in [-0.39, 0.29) is 0 Å². The van der Waals surface area contributed by atoms with E-state index in [1.165, 1.54) is 5.39 Å². The molecule has 0 aliphatic carbocycles. The van der Waals surface area contributed by atoms with Gasteiger partial charge in [0.2, 0.25) is 5.71 Å². The molecule has 2 aromatic carbocycles. The molecular weight excluding hydrogens is 370 g/mol. The Labute approximate surface area is 172 Å². The third-order valence-electron chi connectivity index (χ3n) is 5.53. The highest BCUT2D eigenvalue weighted by Gasteiger charge is 2.14. The molecule has 6 aromatic rings. The number of hydrogen-bond acceptors (Lipinski definition) is 4.